The SMILES string of the molecule is CCCCCCCCC(CCC)CCCCCCN(C)C. The first-order valence-electron chi connectivity index (χ1n) is 9.85. The number of hydrogen-bond acceptors (Lipinski definition) is 1. The van der Waals surface area contributed by atoms with E-state index in [1.54, 1.807) is 0 Å². The average Bonchev–Trinajstić information content (AvgIpc) is 2.45. The first kappa shape index (κ1) is 21.0. The molecule has 0 saturated carbocycles. The van der Waals surface area contributed by atoms with Gasteiger partial charge in [0, 0.05) is 0 Å². The molecule has 0 aliphatic heterocycles. The molecule has 0 aliphatic rings. The summed E-state index contributed by atoms with van der Waals surface area (Å²) in [5.74, 6) is 1.02. The second-order valence-corrected chi connectivity index (χ2v) is 7.22. The van der Waals surface area contributed by atoms with Crippen LogP contribution < -0.4 is 0 Å². The minimum Gasteiger partial charge on any atom is -0.309 e. The van der Waals surface area contributed by atoms with Gasteiger partial charge in [-0.05, 0) is 33.0 Å². The van der Waals surface area contributed by atoms with E-state index in [0.29, 0.717) is 0 Å². The van der Waals surface area contributed by atoms with Crippen molar-refractivity contribution in [2.45, 2.75) is 104 Å². The van der Waals surface area contributed by atoms with E-state index in [2.05, 4.69) is 32.8 Å². The molecule has 0 aromatic heterocycles. The van der Waals surface area contributed by atoms with Crippen LogP contribution in [-0.4, -0.2) is 25.5 Å². The van der Waals surface area contributed by atoms with Gasteiger partial charge in [0.25, 0.3) is 0 Å². The van der Waals surface area contributed by atoms with Gasteiger partial charge in [-0.1, -0.05) is 97.3 Å². The summed E-state index contributed by atoms with van der Waals surface area (Å²) in [7, 11) is 4.36. The summed E-state index contributed by atoms with van der Waals surface area (Å²) in [5, 5.41) is 0. The molecule has 0 bridgehead atoms. The summed E-state index contributed by atoms with van der Waals surface area (Å²) >= 11 is 0. The molecule has 0 radical (unpaired) electrons. The number of unbranched alkanes of at least 4 members (excludes halogenated alkanes) is 8. The van der Waals surface area contributed by atoms with E-state index >= 15 is 0 Å². The number of rotatable bonds is 16. The first-order valence-corrected chi connectivity index (χ1v) is 9.85. The van der Waals surface area contributed by atoms with Gasteiger partial charge in [0.05, 0.1) is 0 Å². The van der Waals surface area contributed by atoms with Crippen molar-refractivity contribution in [3.63, 3.8) is 0 Å². The third-order valence-corrected chi connectivity index (χ3v) is 4.63. The van der Waals surface area contributed by atoms with Gasteiger partial charge >= 0.3 is 0 Å². The van der Waals surface area contributed by atoms with Crippen molar-refractivity contribution in [2.24, 2.45) is 5.92 Å². The molecule has 1 atom stereocenters. The Morgan fingerprint density at radius 2 is 1.10 bits per heavy atom. The Morgan fingerprint density at radius 3 is 1.62 bits per heavy atom. The van der Waals surface area contributed by atoms with Crippen LogP contribution in [0.5, 0.6) is 0 Å². The number of hydrogen-bond donors (Lipinski definition) is 0. The molecule has 1 unspecified atom stereocenters. The fourth-order valence-corrected chi connectivity index (χ4v) is 3.27. The molecule has 0 N–H and O–H groups in total. The zero-order valence-corrected chi connectivity index (χ0v) is 15.6. The molecule has 0 aromatic carbocycles. The molecule has 0 heterocycles. The van der Waals surface area contributed by atoms with Crippen molar-refractivity contribution in [1.29, 1.82) is 0 Å². The maximum Gasteiger partial charge on any atom is -0.00248 e. The average molecular weight is 298 g/mol. The Bertz CT molecular complexity index is 188. The fraction of sp³-hybridized carbons (Fsp3) is 1.00. The van der Waals surface area contributed by atoms with Gasteiger partial charge < -0.3 is 4.90 Å². The van der Waals surface area contributed by atoms with Crippen LogP contribution in [0, 0.1) is 5.92 Å². The van der Waals surface area contributed by atoms with Crippen molar-refractivity contribution in [2.75, 3.05) is 20.6 Å². The predicted molar refractivity (Wildman–Crippen MR) is 98.0 cm³/mol. The Morgan fingerprint density at radius 1 is 0.571 bits per heavy atom. The van der Waals surface area contributed by atoms with Gasteiger partial charge in [-0.3, -0.25) is 0 Å². The van der Waals surface area contributed by atoms with Crippen LogP contribution in [0.15, 0.2) is 0 Å². The first-order chi connectivity index (χ1) is 10.2. The van der Waals surface area contributed by atoms with Crippen LogP contribution in [0.25, 0.3) is 0 Å². The van der Waals surface area contributed by atoms with Crippen LogP contribution in [0.3, 0.4) is 0 Å². The second-order valence-electron chi connectivity index (χ2n) is 7.22. The Balaban J connectivity index is 3.48. The summed E-state index contributed by atoms with van der Waals surface area (Å²) in [6, 6.07) is 0. The lowest BCUT2D eigenvalue weighted by Crippen LogP contribution is -2.12. The van der Waals surface area contributed by atoms with E-state index in [-0.39, 0.29) is 0 Å². The quantitative estimate of drug-likeness (QED) is 0.288. The minimum atomic E-state index is 1.02. The molecule has 0 spiro atoms. The highest BCUT2D eigenvalue weighted by atomic mass is 15.0. The third-order valence-electron chi connectivity index (χ3n) is 4.63. The predicted octanol–water partition coefficient (Wildman–Crippen LogP) is 6.67. The van der Waals surface area contributed by atoms with Gasteiger partial charge in [-0.15, -0.1) is 0 Å². The Hall–Kier alpha value is -0.0400. The van der Waals surface area contributed by atoms with Gasteiger partial charge in [0.2, 0.25) is 0 Å². The van der Waals surface area contributed by atoms with Crippen molar-refractivity contribution in [3.05, 3.63) is 0 Å². The zero-order chi connectivity index (χ0) is 15.8. The highest BCUT2D eigenvalue weighted by molar-refractivity contribution is 4.60. The van der Waals surface area contributed by atoms with Crippen LogP contribution in [0.2, 0.25) is 0 Å². The largest absolute Gasteiger partial charge is 0.309 e. The molecule has 0 aromatic rings. The van der Waals surface area contributed by atoms with E-state index in [9.17, 15) is 0 Å². The van der Waals surface area contributed by atoms with E-state index in [1.807, 2.05) is 0 Å². The van der Waals surface area contributed by atoms with Crippen LogP contribution in [0.4, 0.5) is 0 Å². The molecule has 0 aliphatic carbocycles. The van der Waals surface area contributed by atoms with Crippen molar-refractivity contribution in [3.8, 4) is 0 Å². The summed E-state index contributed by atoms with van der Waals surface area (Å²) in [6.45, 7) is 5.91. The van der Waals surface area contributed by atoms with Crippen molar-refractivity contribution < 1.29 is 0 Å². The monoisotopic (exact) mass is 297 g/mol. The lowest BCUT2D eigenvalue weighted by atomic mass is 9.91. The molecule has 1 heteroatoms. The smallest absolute Gasteiger partial charge is 0.00248 e. The molecule has 0 fully saturated rings. The van der Waals surface area contributed by atoms with Gasteiger partial charge in [0.15, 0.2) is 0 Å². The highest BCUT2D eigenvalue weighted by Gasteiger charge is 2.07. The van der Waals surface area contributed by atoms with Crippen molar-refractivity contribution in [1.82, 2.24) is 4.90 Å². The van der Waals surface area contributed by atoms with Crippen LogP contribution >= 0.6 is 0 Å². The van der Waals surface area contributed by atoms with Gasteiger partial charge in [0.1, 0.15) is 0 Å². The van der Waals surface area contributed by atoms with Gasteiger partial charge in [-0.25, -0.2) is 0 Å². The Kier molecular flexibility index (Phi) is 16.3. The molecular weight excluding hydrogens is 254 g/mol. The summed E-state index contributed by atoms with van der Waals surface area (Å²) in [6.07, 6.45) is 20.2. The summed E-state index contributed by atoms with van der Waals surface area (Å²) < 4.78 is 0. The standard InChI is InChI=1S/C20H43N/c1-5-7-8-9-10-13-17-20(16-6-2)18-14-11-12-15-19-21(3)4/h20H,5-19H2,1-4H3. The topological polar surface area (TPSA) is 3.24 Å². The fourth-order valence-electron chi connectivity index (χ4n) is 3.27. The van der Waals surface area contributed by atoms with Crippen molar-refractivity contribution >= 4 is 0 Å². The van der Waals surface area contributed by atoms with Crippen LogP contribution in [-0.2, 0) is 0 Å². The Labute approximate surface area is 135 Å². The number of nitrogens with zero attached hydrogens (tertiary/aromatic N) is 1. The highest BCUT2D eigenvalue weighted by Crippen LogP contribution is 2.22. The molecule has 0 rings (SSSR count). The van der Waals surface area contributed by atoms with Gasteiger partial charge in [-0.2, -0.15) is 0 Å². The molecule has 128 valence electrons. The summed E-state index contributed by atoms with van der Waals surface area (Å²) in [5.41, 5.74) is 0. The molecule has 0 saturated heterocycles. The molecule has 1 nitrogen and oxygen atoms in total. The zero-order valence-electron chi connectivity index (χ0n) is 15.6. The normalized spacial score (nSPS) is 13.0. The summed E-state index contributed by atoms with van der Waals surface area (Å²) in [4.78, 5) is 2.30. The lowest BCUT2D eigenvalue weighted by Gasteiger charge is -2.16. The van der Waals surface area contributed by atoms with Crippen LogP contribution in [0.1, 0.15) is 104 Å². The van der Waals surface area contributed by atoms with E-state index in [0.717, 1.165) is 5.92 Å². The second kappa shape index (κ2) is 16.3. The molecule has 21 heavy (non-hydrogen) atoms. The van der Waals surface area contributed by atoms with E-state index in [1.165, 1.54) is 96.4 Å². The van der Waals surface area contributed by atoms with E-state index in [4.69, 9.17) is 0 Å². The maximum absolute atomic E-state index is 2.35. The molecule has 0 amide bonds. The molecular formula is C20H43N. The lowest BCUT2D eigenvalue weighted by molar-refractivity contribution is 0.365. The van der Waals surface area contributed by atoms with E-state index < -0.39 is 0 Å². The maximum atomic E-state index is 2.35. The minimum absolute atomic E-state index is 1.02. The third kappa shape index (κ3) is 16.2.